The zero-order valence-corrected chi connectivity index (χ0v) is 12.6. The van der Waals surface area contributed by atoms with Gasteiger partial charge in [0.15, 0.2) is 0 Å². The molecule has 1 heterocycles. The molecule has 3 nitrogen and oxygen atoms in total. The number of nitrogens with one attached hydrogen (secondary N) is 1. The van der Waals surface area contributed by atoms with Crippen LogP contribution >= 0.6 is 0 Å². The molecule has 1 fully saturated rings. The van der Waals surface area contributed by atoms with E-state index in [1.807, 2.05) is 6.92 Å². The number of anilines is 1. The van der Waals surface area contributed by atoms with Crippen molar-refractivity contribution in [2.45, 2.75) is 45.7 Å². The maximum atomic E-state index is 5.52. The molecule has 0 bridgehead atoms. The third-order valence-corrected chi connectivity index (χ3v) is 3.87. The van der Waals surface area contributed by atoms with E-state index in [0.29, 0.717) is 6.04 Å². The molecular formula is C16H26N2O. The Bertz CT molecular complexity index is 400. The van der Waals surface area contributed by atoms with E-state index >= 15 is 0 Å². The van der Waals surface area contributed by atoms with Crippen molar-refractivity contribution in [3.8, 4) is 5.75 Å². The first-order valence-electron chi connectivity index (χ1n) is 7.27. The Hall–Kier alpha value is -1.22. The second-order valence-electron chi connectivity index (χ2n) is 5.91. The molecule has 1 N–H and O–H groups in total. The van der Waals surface area contributed by atoms with E-state index in [2.05, 4.69) is 55.3 Å². The van der Waals surface area contributed by atoms with Crippen molar-refractivity contribution >= 4 is 5.69 Å². The molecule has 0 spiro atoms. The van der Waals surface area contributed by atoms with Crippen LogP contribution in [0.4, 0.5) is 5.69 Å². The van der Waals surface area contributed by atoms with E-state index in [-0.39, 0.29) is 5.54 Å². The van der Waals surface area contributed by atoms with Crippen LogP contribution in [0.2, 0.25) is 0 Å². The molecule has 19 heavy (non-hydrogen) atoms. The molecule has 1 unspecified atom stereocenters. The molecule has 2 rings (SSSR count). The number of rotatable bonds is 3. The van der Waals surface area contributed by atoms with Gasteiger partial charge in [0.1, 0.15) is 5.75 Å². The Balaban J connectivity index is 2.25. The Morgan fingerprint density at radius 3 is 2.63 bits per heavy atom. The maximum absolute atomic E-state index is 5.52. The Labute approximate surface area is 116 Å². The molecule has 1 aromatic rings. The van der Waals surface area contributed by atoms with Gasteiger partial charge in [-0.25, -0.2) is 0 Å². The van der Waals surface area contributed by atoms with Crippen molar-refractivity contribution in [1.82, 2.24) is 5.32 Å². The summed E-state index contributed by atoms with van der Waals surface area (Å²) >= 11 is 0. The van der Waals surface area contributed by atoms with Crippen LogP contribution in [-0.2, 0) is 0 Å². The summed E-state index contributed by atoms with van der Waals surface area (Å²) in [5, 5.41) is 3.52. The molecule has 3 heteroatoms. The first kappa shape index (κ1) is 14.2. The van der Waals surface area contributed by atoms with E-state index in [1.54, 1.807) is 0 Å². The minimum absolute atomic E-state index is 0.177. The molecular weight excluding hydrogens is 236 g/mol. The summed E-state index contributed by atoms with van der Waals surface area (Å²) in [7, 11) is 0. The smallest absolute Gasteiger partial charge is 0.119 e. The van der Waals surface area contributed by atoms with E-state index in [1.165, 1.54) is 5.69 Å². The van der Waals surface area contributed by atoms with Crippen LogP contribution in [0.3, 0.4) is 0 Å². The second-order valence-corrected chi connectivity index (χ2v) is 5.91. The van der Waals surface area contributed by atoms with Crippen LogP contribution in [0.1, 0.15) is 34.1 Å². The van der Waals surface area contributed by atoms with E-state index in [4.69, 9.17) is 4.74 Å². The monoisotopic (exact) mass is 262 g/mol. The number of ether oxygens (including phenoxy) is 1. The Morgan fingerprint density at radius 2 is 2.00 bits per heavy atom. The highest BCUT2D eigenvalue weighted by molar-refractivity contribution is 5.52. The number of nitrogens with zero attached hydrogens (tertiary/aromatic N) is 1. The normalized spacial score (nSPS) is 22.9. The summed E-state index contributed by atoms with van der Waals surface area (Å²) < 4.78 is 5.52. The Morgan fingerprint density at radius 1 is 1.32 bits per heavy atom. The van der Waals surface area contributed by atoms with Gasteiger partial charge in [-0.15, -0.1) is 0 Å². The van der Waals surface area contributed by atoms with Gasteiger partial charge in [0.25, 0.3) is 0 Å². The van der Waals surface area contributed by atoms with Crippen molar-refractivity contribution in [1.29, 1.82) is 0 Å². The predicted octanol–water partition coefficient (Wildman–Crippen LogP) is 3.05. The van der Waals surface area contributed by atoms with Gasteiger partial charge in [-0.3, -0.25) is 0 Å². The highest BCUT2D eigenvalue weighted by Gasteiger charge is 2.32. The standard InChI is InChI=1S/C16H26N2O/c1-5-19-15-8-6-14(7-9-15)18-13(2)12-17-11-10-16(18,3)4/h6-9,13,17H,5,10-12H2,1-4H3. The van der Waals surface area contributed by atoms with Crippen LogP contribution in [0, 0.1) is 0 Å². The molecule has 106 valence electrons. The zero-order chi connectivity index (χ0) is 13.9. The molecule has 1 atom stereocenters. The van der Waals surface area contributed by atoms with Gasteiger partial charge >= 0.3 is 0 Å². The lowest BCUT2D eigenvalue weighted by atomic mass is 9.96. The lowest BCUT2D eigenvalue weighted by Gasteiger charge is -2.42. The van der Waals surface area contributed by atoms with Gasteiger partial charge in [0, 0.05) is 23.8 Å². The second kappa shape index (κ2) is 5.83. The van der Waals surface area contributed by atoms with Gasteiger partial charge in [0.05, 0.1) is 6.61 Å². The van der Waals surface area contributed by atoms with Crippen molar-refractivity contribution in [3.63, 3.8) is 0 Å². The lowest BCUT2D eigenvalue weighted by Crippen LogP contribution is -2.49. The first-order chi connectivity index (χ1) is 9.04. The molecule has 0 aromatic heterocycles. The van der Waals surface area contributed by atoms with Crippen LogP contribution in [0.15, 0.2) is 24.3 Å². The molecule has 0 amide bonds. The van der Waals surface area contributed by atoms with Crippen LogP contribution < -0.4 is 15.0 Å². The maximum Gasteiger partial charge on any atom is 0.119 e. The molecule has 1 aliphatic rings. The fourth-order valence-electron chi connectivity index (χ4n) is 2.99. The van der Waals surface area contributed by atoms with E-state index in [0.717, 1.165) is 31.9 Å². The minimum atomic E-state index is 0.177. The van der Waals surface area contributed by atoms with E-state index in [9.17, 15) is 0 Å². The quantitative estimate of drug-likeness (QED) is 0.906. The fraction of sp³-hybridized carbons (Fsp3) is 0.625. The fourth-order valence-corrected chi connectivity index (χ4v) is 2.99. The highest BCUT2D eigenvalue weighted by Crippen LogP contribution is 2.31. The van der Waals surface area contributed by atoms with Crippen LogP contribution in [0.25, 0.3) is 0 Å². The SMILES string of the molecule is CCOc1ccc(N2C(C)CNCCC2(C)C)cc1. The lowest BCUT2D eigenvalue weighted by molar-refractivity contribution is 0.340. The summed E-state index contributed by atoms with van der Waals surface area (Å²) in [6, 6.07) is 8.98. The van der Waals surface area contributed by atoms with E-state index < -0.39 is 0 Å². The zero-order valence-electron chi connectivity index (χ0n) is 12.6. The summed E-state index contributed by atoms with van der Waals surface area (Å²) in [6.07, 6.45) is 1.16. The van der Waals surface area contributed by atoms with Crippen molar-refractivity contribution in [2.24, 2.45) is 0 Å². The average Bonchev–Trinajstić information content (AvgIpc) is 2.49. The molecule has 1 saturated heterocycles. The molecule has 0 radical (unpaired) electrons. The topological polar surface area (TPSA) is 24.5 Å². The summed E-state index contributed by atoms with van der Waals surface area (Å²) in [5.74, 6) is 0.949. The third-order valence-electron chi connectivity index (χ3n) is 3.87. The van der Waals surface area contributed by atoms with Crippen molar-refractivity contribution in [3.05, 3.63) is 24.3 Å². The third kappa shape index (κ3) is 3.21. The molecule has 0 aliphatic carbocycles. The first-order valence-corrected chi connectivity index (χ1v) is 7.27. The van der Waals surface area contributed by atoms with Crippen molar-refractivity contribution < 1.29 is 4.74 Å². The largest absolute Gasteiger partial charge is 0.494 e. The minimum Gasteiger partial charge on any atom is -0.494 e. The Kier molecular flexibility index (Phi) is 4.35. The highest BCUT2D eigenvalue weighted by atomic mass is 16.5. The van der Waals surface area contributed by atoms with Gasteiger partial charge in [-0.1, -0.05) is 0 Å². The van der Waals surface area contributed by atoms with Crippen LogP contribution in [-0.4, -0.2) is 31.3 Å². The number of hydrogen-bond donors (Lipinski definition) is 1. The molecule has 1 aliphatic heterocycles. The summed E-state index contributed by atoms with van der Waals surface area (Å²) in [6.45, 7) is 11.8. The van der Waals surface area contributed by atoms with Gasteiger partial charge in [0.2, 0.25) is 0 Å². The van der Waals surface area contributed by atoms with Crippen LogP contribution in [0.5, 0.6) is 5.75 Å². The number of benzene rings is 1. The van der Waals surface area contributed by atoms with Crippen molar-refractivity contribution in [2.75, 3.05) is 24.6 Å². The van der Waals surface area contributed by atoms with Gasteiger partial charge in [-0.2, -0.15) is 0 Å². The average molecular weight is 262 g/mol. The molecule has 1 aromatic carbocycles. The summed E-state index contributed by atoms with van der Waals surface area (Å²) in [5.41, 5.74) is 1.46. The summed E-state index contributed by atoms with van der Waals surface area (Å²) in [4.78, 5) is 2.53. The van der Waals surface area contributed by atoms with Gasteiger partial charge in [-0.05, 0) is 64.9 Å². The van der Waals surface area contributed by atoms with Gasteiger partial charge < -0.3 is 15.0 Å². The molecule has 0 saturated carbocycles. The number of hydrogen-bond acceptors (Lipinski definition) is 3. The predicted molar refractivity (Wildman–Crippen MR) is 81.1 cm³/mol.